The van der Waals surface area contributed by atoms with E-state index in [1.807, 2.05) is 5.43 Å². The molecule has 6 nitrogen and oxygen atoms in total. The van der Waals surface area contributed by atoms with Crippen LogP contribution in [-0.4, -0.2) is 14.3 Å². The maximum atomic E-state index is 12.4. The van der Waals surface area contributed by atoms with Gasteiger partial charge in [-0.05, 0) is 36.4 Å². The third kappa shape index (κ3) is 3.65. The summed E-state index contributed by atoms with van der Waals surface area (Å²) in [6, 6.07) is 5.56. The van der Waals surface area contributed by atoms with E-state index < -0.39 is 32.6 Å². The van der Waals surface area contributed by atoms with Gasteiger partial charge in [0.1, 0.15) is 0 Å². The molecule has 2 aromatic rings. The molecule has 2 rings (SSSR count). The van der Waals surface area contributed by atoms with E-state index >= 15 is 0 Å². The zero-order chi connectivity index (χ0) is 16.4. The van der Waals surface area contributed by atoms with Crippen LogP contribution < -0.4 is 10.3 Å². The number of nitrogens with one attached hydrogen (secondary N) is 2. The Hall–Kier alpha value is -2.33. The van der Waals surface area contributed by atoms with E-state index in [-0.39, 0.29) is 5.76 Å². The average Bonchev–Trinajstić information content (AvgIpc) is 2.98. The van der Waals surface area contributed by atoms with Crippen LogP contribution in [0.5, 0.6) is 0 Å². The first-order valence-corrected chi connectivity index (χ1v) is 7.21. The van der Waals surface area contributed by atoms with Crippen LogP contribution in [0.2, 0.25) is 0 Å². The molecule has 0 radical (unpaired) electrons. The number of carbonyl (C=O) groups excluding carboxylic acids is 1. The summed E-state index contributed by atoms with van der Waals surface area (Å²) in [5.74, 6) is -0.976. The predicted molar refractivity (Wildman–Crippen MR) is 67.9 cm³/mol. The van der Waals surface area contributed by atoms with Gasteiger partial charge in [-0.2, -0.15) is 13.2 Å². The largest absolute Gasteiger partial charge is 0.459 e. The average molecular weight is 334 g/mol. The Labute approximate surface area is 123 Å². The molecule has 118 valence electrons. The van der Waals surface area contributed by atoms with Gasteiger partial charge < -0.3 is 4.42 Å². The van der Waals surface area contributed by atoms with Crippen molar-refractivity contribution in [1.29, 1.82) is 0 Å². The molecule has 1 amide bonds. The first-order chi connectivity index (χ1) is 10.2. The molecule has 0 aliphatic rings. The van der Waals surface area contributed by atoms with Crippen LogP contribution in [0.15, 0.2) is 52.0 Å². The van der Waals surface area contributed by atoms with Crippen LogP contribution >= 0.6 is 0 Å². The number of carbonyl (C=O) groups is 1. The maximum Gasteiger partial charge on any atom is 0.416 e. The molecular weight excluding hydrogens is 325 g/mol. The van der Waals surface area contributed by atoms with E-state index in [9.17, 15) is 26.4 Å². The van der Waals surface area contributed by atoms with Crippen molar-refractivity contribution in [2.75, 3.05) is 0 Å². The molecule has 0 bridgehead atoms. The van der Waals surface area contributed by atoms with Gasteiger partial charge in [0, 0.05) is 0 Å². The molecule has 0 spiro atoms. The van der Waals surface area contributed by atoms with E-state index in [1.165, 1.54) is 18.4 Å². The second kappa shape index (κ2) is 5.81. The Bertz CT molecular complexity index is 753. The standard InChI is InChI=1S/C12H9F3N2O4S/c13-12(14,15)8-3-5-9(6-4-8)22(19,20)17-16-11(18)10-2-1-7-21-10/h1-7,17H,(H,16,18). The topological polar surface area (TPSA) is 88.4 Å². The molecule has 10 heteroatoms. The van der Waals surface area contributed by atoms with Crippen LogP contribution in [0.3, 0.4) is 0 Å². The van der Waals surface area contributed by atoms with Gasteiger partial charge in [-0.1, -0.05) is 0 Å². The van der Waals surface area contributed by atoms with Crippen molar-refractivity contribution in [1.82, 2.24) is 10.3 Å². The van der Waals surface area contributed by atoms with Crippen molar-refractivity contribution in [3.63, 3.8) is 0 Å². The Morgan fingerprint density at radius 2 is 1.73 bits per heavy atom. The van der Waals surface area contributed by atoms with Crippen LogP contribution in [0.25, 0.3) is 0 Å². The minimum absolute atomic E-state index is 0.130. The van der Waals surface area contributed by atoms with Gasteiger partial charge in [0.25, 0.3) is 10.0 Å². The summed E-state index contributed by atoms with van der Waals surface area (Å²) in [6.07, 6.45) is -3.34. The number of sulfonamides is 1. The summed E-state index contributed by atoms with van der Waals surface area (Å²) in [7, 11) is -4.20. The summed E-state index contributed by atoms with van der Waals surface area (Å²) in [4.78, 5) is 12.8. The van der Waals surface area contributed by atoms with Gasteiger partial charge in [-0.25, -0.2) is 8.42 Å². The zero-order valence-electron chi connectivity index (χ0n) is 10.7. The van der Waals surface area contributed by atoms with Gasteiger partial charge in [0.15, 0.2) is 5.76 Å². The lowest BCUT2D eigenvalue weighted by Gasteiger charge is -2.09. The number of alkyl halides is 3. The molecule has 1 heterocycles. The van der Waals surface area contributed by atoms with Crippen LogP contribution in [0.4, 0.5) is 13.2 Å². The van der Waals surface area contributed by atoms with Crippen LogP contribution in [0, 0.1) is 0 Å². The molecule has 2 N–H and O–H groups in total. The predicted octanol–water partition coefficient (Wildman–Crippen LogP) is 1.92. The Morgan fingerprint density at radius 3 is 2.23 bits per heavy atom. The van der Waals surface area contributed by atoms with E-state index in [1.54, 1.807) is 4.83 Å². The lowest BCUT2D eigenvalue weighted by Crippen LogP contribution is -2.41. The van der Waals surface area contributed by atoms with Crippen LogP contribution in [-0.2, 0) is 16.2 Å². The number of hydrogen-bond donors (Lipinski definition) is 2. The fourth-order valence-electron chi connectivity index (χ4n) is 1.46. The molecule has 0 saturated heterocycles. The first-order valence-electron chi connectivity index (χ1n) is 5.73. The minimum atomic E-state index is -4.57. The number of hydrazine groups is 1. The highest BCUT2D eigenvalue weighted by Crippen LogP contribution is 2.29. The SMILES string of the molecule is O=C(NNS(=O)(=O)c1ccc(C(F)(F)F)cc1)c1ccco1. The minimum Gasteiger partial charge on any atom is -0.459 e. The molecule has 0 aliphatic heterocycles. The van der Waals surface area contributed by atoms with Gasteiger partial charge in [-0.15, -0.1) is 4.83 Å². The Kier molecular flexibility index (Phi) is 4.24. The Morgan fingerprint density at radius 1 is 1.09 bits per heavy atom. The van der Waals surface area contributed by atoms with Gasteiger partial charge in [-0.3, -0.25) is 10.2 Å². The molecule has 0 unspecified atom stereocenters. The van der Waals surface area contributed by atoms with Gasteiger partial charge in [0.2, 0.25) is 0 Å². The van der Waals surface area contributed by atoms with E-state index in [4.69, 9.17) is 4.42 Å². The van der Waals surface area contributed by atoms with Crippen molar-refractivity contribution in [3.8, 4) is 0 Å². The van der Waals surface area contributed by atoms with Crippen molar-refractivity contribution >= 4 is 15.9 Å². The highest BCUT2D eigenvalue weighted by Gasteiger charge is 2.30. The molecule has 0 saturated carbocycles. The number of amides is 1. The fraction of sp³-hybridized carbons (Fsp3) is 0.0833. The molecular formula is C12H9F3N2O4S. The van der Waals surface area contributed by atoms with E-state index in [0.717, 1.165) is 12.1 Å². The smallest absolute Gasteiger partial charge is 0.416 e. The fourth-order valence-corrected chi connectivity index (χ4v) is 2.30. The second-order valence-electron chi connectivity index (χ2n) is 4.06. The number of rotatable bonds is 4. The van der Waals surface area contributed by atoms with E-state index in [0.29, 0.717) is 12.1 Å². The van der Waals surface area contributed by atoms with Crippen molar-refractivity contribution in [2.45, 2.75) is 11.1 Å². The van der Waals surface area contributed by atoms with Crippen molar-refractivity contribution in [2.24, 2.45) is 0 Å². The van der Waals surface area contributed by atoms with E-state index in [2.05, 4.69) is 0 Å². The second-order valence-corrected chi connectivity index (χ2v) is 5.74. The monoisotopic (exact) mass is 334 g/mol. The normalized spacial score (nSPS) is 12.1. The molecule has 1 aromatic carbocycles. The summed E-state index contributed by atoms with van der Waals surface area (Å²) in [5.41, 5.74) is 0.895. The first kappa shape index (κ1) is 16.0. The molecule has 22 heavy (non-hydrogen) atoms. The Balaban J connectivity index is 2.09. The lowest BCUT2D eigenvalue weighted by molar-refractivity contribution is -0.137. The molecule has 1 aromatic heterocycles. The van der Waals surface area contributed by atoms with Gasteiger partial charge >= 0.3 is 12.1 Å². The summed E-state index contributed by atoms with van der Waals surface area (Å²) in [6.45, 7) is 0. The van der Waals surface area contributed by atoms with Gasteiger partial charge in [0.05, 0.1) is 16.7 Å². The van der Waals surface area contributed by atoms with Crippen molar-refractivity contribution in [3.05, 3.63) is 54.0 Å². The lowest BCUT2D eigenvalue weighted by atomic mass is 10.2. The third-order valence-corrected chi connectivity index (χ3v) is 3.80. The number of furan rings is 1. The molecule has 0 fully saturated rings. The summed E-state index contributed by atoms with van der Waals surface area (Å²) in [5, 5.41) is 0. The highest BCUT2D eigenvalue weighted by atomic mass is 32.2. The van der Waals surface area contributed by atoms with Crippen molar-refractivity contribution < 1.29 is 30.8 Å². The quantitative estimate of drug-likeness (QED) is 0.836. The maximum absolute atomic E-state index is 12.4. The number of halogens is 3. The van der Waals surface area contributed by atoms with Crippen LogP contribution in [0.1, 0.15) is 16.1 Å². The summed E-state index contributed by atoms with van der Waals surface area (Å²) < 4.78 is 65.6. The highest BCUT2D eigenvalue weighted by molar-refractivity contribution is 7.89. The third-order valence-electron chi connectivity index (χ3n) is 2.54. The molecule has 0 aliphatic carbocycles. The molecule has 0 atom stereocenters. The number of hydrogen-bond acceptors (Lipinski definition) is 4. The number of benzene rings is 1. The summed E-state index contributed by atoms with van der Waals surface area (Å²) >= 11 is 0. The zero-order valence-corrected chi connectivity index (χ0v) is 11.5.